The molecule has 1 aliphatic rings. The Bertz CT molecular complexity index is 768. The summed E-state index contributed by atoms with van der Waals surface area (Å²) in [5.74, 6) is 0. The van der Waals surface area contributed by atoms with Gasteiger partial charge in [-0.1, -0.05) is 6.07 Å². The van der Waals surface area contributed by atoms with Crippen LogP contribution in [0.4, 0.5) is 5.69 Å². The van der Waals surface area contributed by atoms with E-state index in [9.17, 15) is 8.42 Å². The van der Waals surface area contributed by atoms with Gasteiger partial charge in [0, 0.05) is 6.20 Å². The Morgan fingerprint density at radius 3 is 2.77 bits per heavy atom. The Hall–Kier alpha value is -1.86. The molecule has 2 aromatic rings. The number of fused-ring (bicyclic) bond motifs is 1. The van der Waals surface area contributed by atoms with Crippen molar-refractivity contribution in [2.45, 2.75) is 37.1 Å². The minimum absolute atomic E-state index is 0.0430. The lowest BCUT2D eigenvalue weighted by molar-refractivity contribution is 0.269. The minimum atomic E-state index is -3.61. The predicted octanol–water partition coefficient (Wildman–Crippen LogP) is 1.55. The second-order valence-corrected chi connectivity index (χ2v) is 7.14. The van der Waals surface area contributed by atoms with E-state index in [1.165, 1.54) is 22.9 Å². The summed E-state index contributed by atoms with van der Waals surface area (Å²) in [6.45, 7) is 0.291. The molecule has 118 valence electrons. The molecule has 0 saturated heterocycles. The van der Waals surface area contributed by atoms with Gasteiger partial charge in [-0.25, -0.2) is 8.42 Å². The van der Waals surface area contributed by atoms with Gasteiger partial charge in [-0.05, 0) is 48.9 Å². The highest BCUT2D eigenvalue weighted by atomic mass is 32.2. The lowest BCUT2D eigenvalue weighted by Gasteiger charge is -2.16. The van der Waals surface area contributed by atoms with Gasteiger partial charge >= 0.3 is 0 Å². The van der Waals surface area contributed by atoms with E-state index in [1.807, 2.05) is 6.07 Å². The van der Waals surface area contributed by atoms with Crippen LogP contribution in [0.5, 0.6) is 0 Å². The Balaban J connectivity index is 1.82. The van der Waals surface area contributed by atoms with Crippen molar-refractivity contribution in [1.29, 1.82) is 0 Å². The van der Waals surface area contributed by atoms with Crippen LogP contribution in [0.15, 0.2) is 35.5 Å². The SMILES string of the molecule is O=S(=O)(Nc1cnn(CCO)c1)c1ccc2c(c1)CCCC2. The molecular formula is C15H19N3O3S. The van der Waals surface area contributed by atoms with Gasteiger partial charge in [0.25, 0.3) is 10.0 Å². The monoisotopic (exact) mass is 321 g/mol. The predicted molar refractivity (Wildman–Crippen MR) is 83.2 cm³/mol. The molecule has 0 amide bonds. The first kappa shape index (κ1) is 15.1. The average Bonchev–Trinajstić information content (AvgIpc) is 2.93. The van der Waals surface area contributed by atoms with E-state index in [4.69, 9.17) is 5.11 Å². The number of rotatable bonds is 5. The van der Waals surface area contributed by atoms with Crippen molar-refractivity contribution in [2.24, 2.45) is 0 Å². The minimum Gasteiger partial charge on any atom is -0.394 e. The maximum atomic E-state index is 12.5. The number of hydrogen-bond acceptors (Lipinski definition) is 4. The van der Waals surface area contributed by atoms with Crippen LogP contribution in [0.2, 0.25) is 0 Å². The van der Waals surface area contributed by atoms with Crippen molar-refractivity contribution in [3.05, 3.63) is 41.7 Å². The summed E-state index contributed by atoms with van der Waals surface area (Å²) in [6, 6.07) is 5.35. The first-order chi connectivity index (χ1) is 10.6. The van der Waals surface area contributed by atoms with Crippen LogP contribution in [0, 0.1) is 0 Å². The third-order valence-electron chi connectivity index (χ3n) is 3.84. The molecule has 6 nitrogen and oxygen atoms in total. The van der Waals surface area contributed by atoms with Gasteiger partial charge in [-0.2, -0.15) is 5.10 Å². The van der Waals surface area contributed by atoms with Crippen LogP contribution in [0.3, 0.4) is 0 Å². The molecule has 3 rings (SSSR count). The quantitative estimate of drug-likeness (QED) is 0.875. The van der Waals surface area contributed by atoms with Gasteiger partial charge in [-0.3, -0.25) is 9.40 Å². The number of nitrogens with zero attached hydrogens (tertiary/aromatic N) is 2. The van der Waals surface area contributed by atoms with Crippen molar-refractivity contribution in [3.8, 4) is 0 Å². The van der Waals surface area contributed by atoms with Crippen molar-refractivity contribution in [1.82, 2.24) is 9.78 Å². The number of sulfonamides is 1. The Morgan fingerprint density at radius 1 is 1.23 bits per heavy atom. The third kappa shape index (κ3) is 3.15. The number of hydrogen-bond donors (Lipinski definition) is 2. The topological polar surface area (TPSA) is 84.2 Å². The highest BCUT2D eigenvalue weighted by Gasteiger charge is 2.18. The molecule has 0 unspecified atom stereocenters. The highest BCUT2D eigenvalue weighted by molar-refractivity contribution is 7.92. The molecule has 0 spiro atoms. The second kappa shape index (κ2) is 6.10. The Labute approximate surface area is 129 Å². The van der Waals surface area contributed by atoms with Crippen molar-refractivity contribution in [2.75, 3.05) is 11.3 Å². The third-order valence-corrected chi connectivity index (χ3v) is 5.22. The Kier molecular flexibility index (Phi) is 4.17. The fraction of sp³-hybridized carbons (Fsp3) is 0.400. The fourth-order valence-electron chi connectivity index (χ4n) is 2.73. The summed E-state index contributed by atoms with van der Waals surface area (Å²) in [5.41, 5.74) is 2.78. The van der Waals surface area contributed by atoms with Crippen LogP contribution >= 0.6 is 0 Å². The zero-order valence-electron chi connectivity index (χ0n) is 12.2. The van der Waals surface area contributed by atoms with Crippen LogP contribution in [-0.4, -0.2) is 29.9 Å². The van der Waals surface area contributed by atoms with E-state index in [0.717, 1.165) is 24.8 Å². The van der Waals surface area contributed by atoms with Gasteiger partial charge in [-0.15, -0.1) is 0 Å². The van der Waals surface area contributed by atoms with E-state index < -0.39 is 10.0 Å². The average molecular weight is 321 g/mol. The van der Waals surface area contributed by atoms with Gasteiger partial charge in [0.15, 0.2) is 0 Å². The molecule has 0 atom stereocenters. The normalized spacial score (nSPS) is 14.6. The standard InChI is InChI=1S/C15H19N3O3S/c19-8-7-18-11-14(10-16-18)17-22(20,21)15-6-5-12-3-1-2-4-13(12)9-15/h5-6,9-11,17,19H,1-4,7-8H2. The summed E-state index contributed by atoms with van der Waals surface area (Å²) in [5, 5.41) is 12.8. The molecule has 0 bridgehead atoms. The van der Waals surface area contributed by atoms with Crippen LogP contribution in [0.1, 0.15) is 24.0 Å². The van der Waals surface area contributed by atoms with Crippen molar-refractivity contribution < 1.29 is 13.5 Å². The largest absolute Gasteiger partial charge is 0.394 e. The summed E-state index contributed by atoms with van der Waals surface area (Å²) in [6.07, 6.45) is 7.24. The molecule has 1 heterocycles. The van der Waals surface area contributed by atoms with Gasteiger partial charge in [0.1, 0.15) is 0 Å². The maximum Gasteiger partial charge on any atom is 0.262 e. The zero-order chi connectivity index (χ0) is 15.6. The number of benzene rings is 1. The number of aliphatic hydroxyl groups excluding tert-OH is 1. The van der Waals surface area contributed by atoms with Gasteiger partial charge < -0.3 is 5.11 Å². The van der Waals surface area contributed by atoms with Crippen LogP contribution in [0.25, 0.3) is 0 Å². The van der Waals surface area contributed by atoms with Crippen molar-refractivity contribution in [3.63, 3.8) is 0 Å². The molecule has 1 aromatic heterocycles. The molecule has 2 N–H and O–H groups in total. The number of aromatic nitrogens is 2. The Morgan fingerprint density at radius 2 is 2.00 bits per heavy atom. The smallest absolute Gasteiger partial charge is 0.262 e. The van der Waals surface area contributed by atoms with E-state index >= 15 is 0 Å². The first-order valence-electron chi connectivity index (χ1n) is 7.36. The molecule has 0 fully saturated rings. The summed E-state index contributed by atoms with van der Waals surface area (Å²) < 4.78 is 28.9. The lowest BCUT2D eigenvalue weighted by atomic mass is 9.92. The molecular weight excluding hydrogens is 302 g/mol. The highest BCUT2D eigenvalue weighted by Crippen LogP contribution is 2.25. The molecule has 0 radical (unpaired) electrons. The number of aryl methyl sites for hydroxylation is 2. The molecule has 22 heavy (non-hydrogen) atoms. The molecule has 0 saturated carbocycles. The van der Waals surface area contributed by atoms with Crippen molar-refractivity contribution >= 4 is 15.7 Å². The lowest BCUT2D eigenvalue weighted by Crippen LogP contribution is -2.14. The fourth-order valence-corrected chi connectivity index (χ4v) is 3.81. The van der Waals surface area contributed by atoms with E-state index in [0.29, 0.717) is 12.2 Å². The summed E-state index contributed by atoms with van der Waals surface area (Å²) in [7, 11) is -3.61. The molecule has 7 heteroatoms. The van der Waals surface area contributed by atoms with E-state index in [-0.39, 0.29) is 11.5 Å². The van der Waals surface area contributed by atoms with Crippen LogP contribution in [-0.2, 0) is 29.4 Å². The van der Waals surface area contributed by atoms with Gasteiger partial charge in [0.05, 0.1) is 29.9 Å². The second-order valence-electron chi connectivity index (χ2n) is 5.46. The summed E-state index contributed by atoms with van der Waals surface area (Å²) >= 11 is 0. The number of anilines is 1. The van der Waals surface area contributed by atoms with E-state index in [1.54, 1.807) is 18.3 Å². The molecule has 0 aliphatic heterocycles. The first-order valence-corrected chi connectivity index (χ1v) is 8.85. The number of nitrogens with one attached hydrogen (secondary N) is 1. The molecule has 1 aliphatic carbocycles. The van der Waals surface area contributed by atoms with Gasteiger partial charge in [0.2, 0.25) is 0 Å². The number of aliphatic hydroxyl groups is 1. The molecule has 1 aromatic carbocycles. The van der Waals surface area contributed by atoms with E-state index in [2.05, 4.69) is 9.82 Å². The van der Waals surface area contributed by atoms with Crippen LogP contribution < -0.4 is 4.72 Å². The zero-order valence-corrected chi connectivity index (χ0v) is 13.0. The summed E-state index contributed by atoms with van der Waals surface area (Å²) in [4.78, 5) is 0.281. The maximum absolute atomic E-state index is 12.5.